The fourth-order valence-electron chi connectivity index (χ4n) is 2.59. The van der Waals surface area contributed by atoms with Crippen LogP contribution in [0.2, 0.25) is 0 Å². The van der Waals surface area contributed by atoms with Gasteiger partial charge in [-0.25, -0.2) is 0 Å². The predicted octanol–water partition coefficient (Wildman–Crippen LogP) is 3.33. The van der Waals surface area contributed by atoms with Crippen LogP contribution in [0.25, 0.3) is 11.3 Å². The minimum Gasteiger partial charge on any atom is -0.486 e. The lowest BCUT2D eigenvalue weighted by molar-refractivity contribution is 0.169. The van der Waals surface area contributed by atoms with E-state index in [2.05, 4.69) is 34.9 Å². The number of hydrogen-bond acceptors (Lipinski definition) is 4. The highest BCUT2D eigenvalue weighted by Gasteiger charge is 2.26. The number of nitrogens with two attached hydrogens (primary N) is 1. The SMILES string of the molecule is CC(C)c1c2c(cc(Br)c1-c1cc(N)n(C)n1)OCCO2. The van der Waals surface area contributed by atoms with Crippen molar-refractivity contribution in [2.24, 2.45) is 7.05 Å². The summed E-state index contributed by atoms with van der Waals surface area (Å²) in [5.74, 6) is 2.50. The number of rotatable bonds is 2. The molecular formula is C15H18BrN3O2. The predicted molar refractivity (Wildman–Crippen MR) is 85.8 cm³/mol. The van der Waals surface area contributed by atoms with Gasteiger partial charge in [-0.3, -0.25) is 4.68 Å². The Labute approximate surface area is 132 Å². The van der Waals surface area contributed by atoms with Gasteiger partial charge in [-0.1, -0.05) is 13.8 Å². The monoisotopic (exact) mass is 351 g/mol. The molecule has 0 saturated carbocycles. The van der Waals surface area contributed by atoms with Crippen molar-refractivity contribution in [2.75, 3.05) is 18.9 Å². The minimum absolute atomic E-state index is 0.274. The summed E-state index contributed by atoms with van der Waals surface area (Å²) in [6, 6.07) is 3.82. The number of benzene rings is 1. The molecule has 1 aromatic heterocycles. The lowest BCUT2D eigenvalue weighted by Crippen LogP contribution is -2.17. The smallest absolute Gasteiger partial charge is 0.165 e. The number of anilines is 1. The molecule has 5 nitrogen and oxygen atoms in total. The minimum atomic E-state index is 0.274. The van der Waals surface area contributed by atoms with Gasteiger partial charge in [0.2, 0.25) is 0 Å². The molecule has 0 unspecified atom stereocenters. The Morgan fingerprint density at radius 3 is 2.62 bits per heavy atom. The largest absolute Gasteiger partial charge is 0.486 e. The van der Waals surface area contributed by atoms with Crippen molar-refractivity contribution in [3.05, 3.63) is 22.2 Å². The normalized spacial score (nSPS) is 13.8. The van der Waals surface area contributed by atoms with Crippen molar-refractivity contribution >= 4 is 21.7 Å². The summed E-state index contributed by atoms with van der Waals surface area (Å²) in [4.78, 5) is 0. The van der Waals surface area contributed by atoms with Crippen molar-refractivity contribution < 1.29 is 9.47 Å². The van der Waals surface area contributed by atoms with E-state index in [9.17, 15) is 0 Å². The molecule has 1 aromatic carbocycles. The van der Waals surface area contributed by atoms with Gasteiger partial charge in [0.25, 0.3) is 0 Å². The maximum atomic E-state index is 5.92. The molecule has 1 aliphatic rings. The fourth-order valence-corrected chi connectivity index (χ4v) is 3.22. The standard InChI is InChI=1S/C15H18BrN3O2/c1-8(2)13-14(10-7-12(17)19(3)18-10)9(16)6-11-15(13)21-5-4-20-11/h6-8H,4-5,17H2,1-3H3. The first-order valence-electron chi connectivity index (χ1n) is 6.91. The van der Waals surface area contributed by atoms with Crippen molar-refractivity contribution in [1.82, 2.24) is 9.78 Å². The van der Waals surface area contributed by atoms with E-state index in [1.165, 1.54) is 0 Å². The molecule has 0 amide bonds. The summed E-state index contributed by atoms with van der Waals surface area (Å²) >= 11 is 3.64. The maximum absolute atomic E-state index is 5.92. The molecule has 2 aromatic rings. The zero-order chi connectivity index (χ0) is 15.1. The van der Waals surface area contributed by atoms with Gasteiger partial charge >= 0.3 is 0 Å². The Hall–Kier alpha value is -1.69. The number of aromatic nitrogens is 2. The van der Waals surface area contributed by atoms with Gasteiger partial charge in [0.05, 0.1) is 5.69 Å². The zero-order valence-electron chi connectivity index (χ0n) is 12.3. The van der Waals surface area contributed by atoms with Gasteiger partial charge in [-0.15, -0.1) is 0 Å². The van der Waals surface area contributed by atoms with E-state index < -0.39 is 0 Å². The third-order valence-electron chi connectivity index (χ3n) is 3.57. The second-order valence-corrected chi connectivity index (χ2v) is 6.26. The lowest BCUT2D eigenvalue weighted by atomic mass is 9.93. The van der Waals surface area contributed by atoms with E-state index >= 15 is 0 Å². The van der Waals surface area contributed by atoms with Gasteiger partial charge in [0, 0.05) is 28.7 Å². The number of hydrogen-bond donors (Lipinski definition) is 1. The highest BCUT2D eigenvalue weighted by molar-refractivity contribution is 9.10. The van der Waals surface area contributed by atoms with E-state index in [-0.39, 0.29) is 5.92 Å². The number of aryl methyl sites for hydroxylation is 1. The highest BCUT2D eigenvalue weighted by Crippen LogP contribution is 2.47. The number of halogens is 1. The molecule has 112 valence electrons. The molecule has 21 heavy (non-hydrogen) atoms. The topological polar surface area (TPSA) is 62.3 Å². The fraction of sp³-hybridized carbons (Fsp3) is 0.400. The van der Waals surface area contributed by atoms with Crippen LogP contribution >= 0.6 is 15.9 Å². The lowest BCUT2D eigenvalue weighted by Gasteiger charge is -2.25. The molecule has 1 aliphatic heterocycles. The van der Waals surface area contributed by atoms with Crippen molar-refractivity contribution in [2.45, 2.75) is 19.8 Å². The molecule has 3 rings (SSSR count). The van der Waals surface area contributed by atoms with Crippen LogP contribution < -0.4 is 15.2 Å². The number of nitrogens with zero attached hydrogens (tertiary/aromatic N) is 2. The number of ether oxygens (including phenoxy) is 2. The third-order valence-corrected chi connectivity index (χ3v) is 4.20. The van der Waals surface area contributed by atoms with E-state index in [4.69, 9.17) is 15.2 Å². The van der Waals surface area contributed by atoms with E-state index in [0.717, 1.165) is 32.8 Å². The molecule has 0 spiro atoms. The second-order valence-electron chi connectivity index (χ2n) is 5.40. The maximum Gasteiger partial charge on any atom is 0.165 e. The van der Waals surface area contributed by atoms with Gasteiger partial charge in [0.1, 0.15) is 19.0 Å². The van der Waals surface area contributed by atoms with E-state index in [0.29, 0.717) is 19.0 Å². The van der Waals surface area contributed by atoms with Gasteiger partial charge in [0.15, 0.2) is 11.5 Å². The van der Waals surface area contributed by atoms with Crippen LogP contribution in [0.4, 0.5) is 5.82 Å². The van der Waals surface area contributed by atoms with E-state index in [1.807, 2.05) is 19.2 Å². The summed E-state index contributed by atoms with van der Waals surface area (Å²) in [5.41, 5.74) is 8.87. The molecule has 6 heteroatoms. The molecule has 0 radical (unpaired) electrons. The summed E-state index contributed by atoms with van der Waals surface area (Å²) < 4.78 is 14.2. The molecule has 0 bridgehead atoms. The Kier molecular flexibility index (Phi) is 3.57. The molecule has 0 fully saturated rings. The van der Waals surface area contributed by atoms with Crippen LogP contribution in [-0.2, 0) is 7.05 Å². The van der Waals surface area contributed by atoms with E-state index in [1.54, 1.807) is 4.68 Å². The summed E-state index contributed by atoms with van der Waals surface area (Å²) in [5, 5.41) is 4.50. The Morgan fingerprint density at radius 2 is 2.00 bits per heavy atom. The quantitative estimate of drug-likeness (QED) is 0.901. The second kappa shape index (κ2) is 5.26. The van der Waals surface area contributed by atoms with Gasteiger partial charge < -0.3 is 15.2 Å². The Balaban J connectivity index is 2.28. The first kappa shape index (κ1) is 14.3. The van der Waals surface area contributed by atoms with Crippen molar-refractivity contribution in [1.29, 1.82) is 0 Å². The Morgan fingerprint density at radius 1 is 1.29 bits per heavy atom. The number of fused-ring (bicyclic) bond motifs is 1. The van der Waals surface area contributed by atoms with Gasteiger partial charge in [-0.05, 0) is 27.9 Å². The van der Waals surface area contributed by atoms with Crippen LogP contribution in [0.15, 0.2) is 16.6 Å². The first-order chi connectivity index (χ1) is 9.99. The first-order valence-corrected chi connectivity index (χ1v) is 7.70. The zero-order valence-corrected chi connectivity index (χ0v) is 13.9. The number of nitrogen functional groups attached to an aromatic ring is 1. The molecule has 0 atom stereocenters. The van der Waals surface area contributed by atoms with Crippen LogP contribution in [-0.4, -0.2) is 23.0 Å². The molecule has 0 saturated heterocycles. The average molecular weight is 352 g/mol. The summed E-state index contributed by atoms with van der Waals surface area (Å²) in [6.07, 6.45) is 0. The van der Waals surface area contributed by atoms with Crippen LogP contribution in [0.1, 0.15) is 25.3 Å². The Bertz CT molecular complexity index is 675. The summed E-state index contributed by atoms with van der Waals surface area (Å²) in [7, 11) is 1.83. The van der Waals surface area contributed by atoms with Gasteiger partial charge in [-0.2, -0.15) is 5.10 Å². The third kappa shape index (κ3) is 2.37. The highest BCUT2D eigenvalue weighted by atomic mass is 79.9. The van der Waals surface area contributed by atoms with Crippen LogP contribution in [0, 0.1) is 0 Å². The van der Waals surface area contributed by atoms with Crippen LogP contribution in [0.3, 0.4) is 0 Å². The van der Waals surface area contributed by atoms with Crippen molar-refractivity contribution in [3.8, 4) is 22.8 Å². The molecular weight excluding hydrogens is 334 g/mol. The molecule has 0 aliphatic carbocycles. The average Bonchev–Trinajstić information content (AvgIpc) is 2.76. The van der Waals surface area contributed by atoms with Crippen LogP contribution in [0.5, 0.6) is 11.5 Å². The molecule has 2 heterocycles. The van der Waals surface area contributed by atoms with Crippen molar-refractivity contribution in [3.63, 3.8) is 0 Å². The summed E-state index contributed by atoms with van der Waals surface area (Å²) in [6.45, 7) is 5.41. The molecule has 2 N–H and O–H groups in total.